The molecule has 4 nitrogen and oxygen atoms in total. The number of phenolic OH excluding ortho intramolecular Hbond substituents is 1. The van der Waals surface area contributed by atoms with Gasteiger partial charge in [-0.2, -0.15) is 0 Å². The smallest absolute Gasteiger partial charge is 0.255 e. The Morgan fingerprint density at radius 1 is 1.25 bits per heavy atom. The highest BCUT2D eigenvalue weighted by molar-refractivity contribution is 7.80. The quantitative estimate of drug-likeness (QED) is 0.762. The number of hydrogen-bond acceptors (Lipinski definition) is 3. The minimum atomic E-state index is -0.365. The Hall–Kier alpha value is -2.11. The number of nitrogens with one attached hydrogen (secondary N) is 1. The van der Waals surface area contributed by atoms with Crippen molar-refractivity contribution in [2.75, 3.05) is 5.32 Å². The van der Waals surface area contributed by atoms with Crippen molar-refractivity contribution in [2.24, 2.45) is 5.73 Å². The first-order chi connectivity index (χ1) is 9.49. The van der Waals surface area contributed by atoms with E-state index in [-0.39, 0.29) is 21.7 Å². The van der Waals surface area contributed by atoms with Crippen LogP contribution in [0.1, 0.15) is 15.9 Å². The Morgan fingerprint density at radius 2 is 1.95 bits per heavy atom. The molecular formula is C14H11ClN2O2S. The van der Waals surface area contributed by atoms with Crippen LogP contribution in [0.3, 0.4) is 0 Å². The van der Waals surface area contributed by atoms with Crippen molar-refractivity contribution in [3.63, 3.8) is 0 Å². The second-order valence-electron chi connectivity index (χ2n) is 4.03. The van der Waals surface area contributed by atoms with E-state index in [1.54, 1.807) is 24.3 Å². The Balaban J connectivity index is 2.28. The Morgan fingerprint density at radius 3 is 2.60 bits per heavy atom. The maximum atomic E-state index is 12.1. The zero-order valence-corrected chi connectivity index (χ0v) is 11.8. The van der Waals surface area contributed by atoms with E-state index < -0.39 is 0 Å². The molecule has 0 radical (unpaired) electrons. The summed E-state index contributed by atoms with van der Waals surface area (Å²) in [5.41, 5.74) is 7.03. The molecule has 0 aliphatic rings. The van der Waals surface area contributed by atoms with Gasteiger partial charge in [-0.3, -0.25) is 4.79 Å². The van der Waals surface area contributed by atoms with Gasteiger partial charge in [0.1, 0.15) is 10.7 Å². The Kier molecular flexibility index (Phi) is 4.22. The van der Waals surface area contributed by atoms with Crippen LogP contribution < -0.4 is 11.1 Å². The maximum absolute atomic E-state index is 12.1. The first-order valence-corrected chi connectivity index (χ1v) is 6.46. The molecule has 0 heterocycles. The molecule has 2 aromatic carbocycles. The van der Waals surface area contributed by atoms with Crippen LogP contribution >= 0.6 is 23.8 Å². The molecule has 20 heavy (non-hydrogen) atoms. The van der Waals surface area contributed by atoms with Gasteiger partial charge in [0, 0.05) is 11.1 Å². The van der Waals surface area contributed by atoms with Crippen LogP contribution in [0, 0.1) is 0 Å². The van der Waals surface area contributed by atoms with Crippen molar-refractivity contribution in [1.29, 1.82) is 0 Å². The number of anilines is 1. The molecule has 2 rings (SSSR count). The largest absolute Gasteiger partial charge is 0.506 e. The molecule has 0 saturated carbocycles. The van der Waals surface area contributed by atoms with Crippen LogP contribution in [0.2, 0.25) is 5.02 Å². The number of carbonyl (C=O) groups excluding carboxylic acids is 1. The van der Waals surface area contributed by atoms with E-state index >= 15 is 0 Å². The molecule has 0 aliphatic heterocycles. The van der Waals surface area contributed by atoms with Crippen molar-refractivity contribution in [3.8, 4) is 5.75 Å². The Bertz CT molecular complexity index is 689. The predicted molar refractivity (Wildman–Crippen MR) is 83.4 cm³/mol. The number of halogens is 1. The summed E-state index contributed by atoms with van der Waals surface area (Å²) in [6.45, 7) is 0. The van der Waals surface area contributed by atoms with Gasteiger partial charge in [-0.1, -0.05) is 36.0 Å². The standard InChI is InChI=1S/C14H11ClN2O2S/c15-10-7-8(5-6-12(10)18)14(19)17-11-4-2-1-3-9(11)13(16)20/h1-7,18H,(H2,16,20)(H,17,19). The van der Waals surface area contributed by atoms with Gasteiger partial charge in [0.2, 0.25) is 0 Å². The highest BCUT2D eigenvalue weighted by Crippen LogP contribution is 2.24. The van der Waals surface area contributed by atoms with Crippen molar-refractivity contribution < 1.29 is 9.90 Å². The average Bonchev–Trinajstić information content (AvgIpc) is 2.42. The normalized spacial score (nSPS) is 10.1. The summed E-state index contributed by atoms with van der Waals surface area (Å²) in [6.07, 6.45) is 0. The van der Waals surface area contributed by atoms with Gasteiger partial charge in [-0.15, -0.1) is 0 Å². The third-order valence-electron chi connectivity index (χ3n) is 2.65. The van der Waals surface area contributed by atoms with Crippen LogP contribution in [0.4, 0.5) is 5.69 Å². The minimum Gasteiger partial charge on any atom is -0.506 e. The van der Waals surface area contributed by atoms with E-state index in [4.69, 9.17) is 29.6 Å². The monoisotopic (exact) mass is 306 g/mol. The van der Waals surface area contributed by atoms with Gasteiger partial charge < -0.3 is 16.2 Å². The fourth-order valence-corrected chi connectivity index (χ4v) is 2.01. The van der Waals surface area contributed by atoms with E-state index in [0.717, 1.165) is 0 Å². The van der Waals surface area contributed by atoms with Crippen LogP contribution in [0.25, 0.3) is 0 Å². The average molecular weight is 307 g/mol. The van der Waals surface area contributed by atoms with Gasteiger partial charge in [0.25, 0.3) is 5.91 Å². The summed E-state index contributed by atoms with van der Waals surface area (Å²) in [7, 11) is 0. The zero-order chi connectivity index (χ0) is 14.7. The van der Waals surface area contributed by atoms with Crippen LogP contribution in [-0.2, 0) is 0 Å². The number of amides is 1. The summed E-state index contributed by atoms with van der Waals surface area (Å²) in [6, 6.07) is 11.2. The molecule has 1 amide bonds. The third kappa shape index (κ3) is 3.07. The van der Waals surface area contributed by atoms with Gasteiger partial charge in [0.05, 0.1) is 10.7 Å². The summed E-state index contributed by atoms with van der Waals surface area (Å²) >= 11 is 10.7. The molecule has 0 atom stereocenters. The van der Waals surface area contributed by atoms with Gasteiger partial charge in [-0.05, 0) is 30.3 Å². The van der Waals surface area contributed by atoms with Crippen molar-refractivity contribution in [3.05, 3.63) is 58.6 Å². The van der Waals surface area contributed by atoms with Crippen LogP contribution in [0.5, 0.6) is 5.75 Å². The topological polar surface area (TPSA) is 75.3 Å². The number of rotatable bonds is 3. The Labute approximate surface area is 126 Å². The molecule has 0 aliphatic carbocycles. The summed E-state index contributed by atoms with van der Waals surface area (Å²) in [5, 5.41) is 12.2. The number of carbonyl (C=O) groups is 1. The molecule has 0 aromatic heterocycles. The van der Waals surface area contributed by atoms with Gasteiger partial charge in [-0.25, -0.2) is 0 Å². The molecule has 4 N–H and O–H groups in total. The first-order valence-electron chi connectivity index (χ1n) is 5.67. The third-order valence-corrected chi connectivity index (χ3v) is 3.17. The summed E-state index contributed by atoms with van der Waals surface area (Å²) < 4.78 is 0. The van der Waals surface area contributed by atoms with Crippen molar-refractivity contribution >= 4 is 40.4 Å². The second-order valence-corrected chi connectivity index (χ2v) is 4.88. The molecule has 0 unspecified atom stereocenters. The van der Waals surface area contributed by atoms with Gasteiger partial charge in [0.15, 0.2) is 0 Å². The fraction of sp³-hybridized carbons (Fsp3) is 0. The number of thiocarbonyl (C=S) groups is 1. The van der Waals surface area contributed by atoms with Crippen molar-refractivity contribution in [2.45, 2.75) is 0 Å². The molecule has 2 aromatic rings. The predicted octanol–water partition coefficient (Wildman–Crippen LogP) is 2.93. The number of nitrogens with two attached hydrogens (primary N) is 1. The number of phenols is 1. The lowest BCUT2D eigenvalue weighted by molar-refractivity contribution is 0.102. The molecule has 0 spiro atoms. The molecule has 102 valence electrons. The lowest BCUT2D eigenvalue weighted by Crippen LogP contribution is -2.17. The number of para-hydroxylation sites is 1. The summed E-state index contributed by atoms with van der Waals surface area (Å²) in [5.74, 6) is -0.442. The highest BCUT2D eigenvalue weighted by atomic mass is 35.5. The van der Waals surface area contributed by atoms with Crippen LogP contribution in [0.15, 0.2) is 42.5 Å². The minimum absolute atomic E-state index is 0.0771. The molecule has 0 saturated heterocycles. The maximum Gasteiger partial charge on any atom is 0.255 e. The molecule has 0 bridgehead atoms. The highest BCUT2D eigenvalue weighted by Gasteiger charge is 2.11. The number of hydrogen-bond donors (Lipinski definition) is 3. The first kappa shape index (κ1) is 14.3. The second kappa shape index (κ2) is 5.90. The fourth-order valence-electron chi connectivity index (χ4n) is 1.65. The lowest BCUT2D eigenvalue weighted by Gasteiger charge is -2.10. The molecule has 6 heteroatoms. The molecule has 0 fully saturated rings. The molecular weight excluding hydrogens is 296 g/mol. The van der Waals surface area contributed by atoms with E-state index in [2.05, 4.69) is 5.32 Å². The van der Waals surface area contributed by atoms with Crippen LogP contribution in [-0.4, -0.2) is 16.0 Å². The lowest BCUT2D eigenvalue weighted by atomic mass is 10.1. The number of aromatic hydroxyl groups is 1. The SMILES string of the molecule is NC(=S)c1ccccc1NC(=O)c1ccc(O)c(Cl)c1. The van der Waals surface area contributed by atoms with Crippen molar-refractivity contribution in [1.82, 2.24) is 0 Å². The van der Waals surface area contributed by atoms with E-state index in [0.29, 0.717) is 16.8 Å². The summed E-state index contributed by atoms with van der Waals surface area (Å²) in [4.78, 5) is 12.3. The zero-order valence-electron chi connectivity index (χ0n) is 10.3. The van der Waals surface area contributed by atoms with E-state index in [1.807, 2.05) is 0 Å². The van der Waals surface area contributed by atoms with E-state index in [9.17, 15) is 9.90 Å². The van der Waals surface area contributed by atoms with E-state index in [1.165, 1.54) is 18.2 Å². The van der Waals surface area contributed by atoms with Gasteiger partial charge >= 0.3 is 0 Å². The number of benzene rings is 2.